The molecule has 10 heteroatoms. The minimum absolute atomic E-state index is 0.161. The molecule has 1 aliphatic heterocycles. The van der Waals surface area contributed by atoms with Crippen LogP contribution in [0.2, 0.25) is 0 Å². The maximum atomic E-state index is 12.2. The average molecular weight is 484 g/mol. The van der Waals surface area contributed by atoms with Crippen LogP contribution in [0.3, 0.4) is 0 Å². The lowest BCUT2D eigenvalue weighted by Crippen LogP contribution is -2.29. The summed E-state index contributed by atoms with van der Waals surface area (Å²) in [6.07, 6.45) is -2.79. The second-order valence-corrected chi connectivity index (χ2v) is 8.40. The number of pyridine rings is 1. The smallest absolute Gasteiger partial charge is 0.439 e. The molecule has 3 heterocycles. The van der Waals surface area contributed by atoms with Crippen molar-refractivity contribution in [1.29, 1.82) is 0 Å². The van der Waals surface area contributed by atoms with Gasteiger partial charge >= 0.3 is 6.36 Å². The third kappa shape index (κ3) is 5.65. The van der Waals surface area contributed by atoms with Crippen molar-refractivity contribution >= 4 is 17.0 Å². The highest BCUT2D eigenvalue weighted by molar-refractivity contribution is 5.79. The summed E-state index contributed by atoms with van der Waals surface area (Å²) in [7, 11) is 1.99. The van der Waals surface area contributed by atoms with Crippen molar-refractivity contribution < 1.29 is 27.4 Å². The summed E-state index contributed by atoms with van der Waals surface area (Å²) < 4.78 is 53.5. The second-order valence-electron chi connectivity index (χ2n) is 8.40. The van der Waals surface area contributed by atoms with Gasteiger partial charge in [0.25, 0.3) is 0 Å². The summed E-state index contributed by atoms with van der Waals surface area (Å²) in [4.78, 5) is 8.54. The predicted molar refractivity (Wildman–Crippen MR) is 123 cm³/mol. The number of imidazole rings is 1. The molecule has 0 radical (unpaired) electrons. The highest BCUT2D eigenvalue weighted by Crippen LogP contribution is 2.26. The number of ether oxygens (including phenoxy) is 3. The van der Waals surface area contributed by atoms with Crippen LogP contribution < -0.4 is 14.8 Å². The lowest BCUT2D eigenvalue weighted by Gasteiger charge is -2.25. The number of nitrogens with one attached hydrogen (secondary N) is 1. The van der Waals surface area contributed by atoms with E-state index in [1.54, 1.807) is 12.1 Å². The highest BCUT2D eigenvalue weighted by atomic mass is 19.4. The van der Waals surface area contributed by atoms with E-state index in [0.29, 0.717) is 18.2 Å². The van der Waals surface area contributed by atoms with Gasteiger partial charge in [0.15, 0.2) is 0 Å². The average Bonchev–Trinajstić information content (AvgIpc) is 3.11. The van der Waals surface area contributed by atoms with E-state index >= 15 is 0 Å². The summed E-state index contributed by atoms with van der Waals surface area (Å²) in [5, 5.41) is 3.37. The molecule has 35 heavy (non-hydrogen) atoms. The van der Waals surface area contributed by atoms with Crippen LogP contribution in [0.4, 0.5) is 19.1 Å². The summed E-state index contributed by atoms with van der Waals surface area (Å²) in [5.41, 5.74) is 4.31. The van der Waals surface area contributed by atoms with Crippen molar-refractivity contribution in [3.63, 3.8) is 0 Å². The molecule has 0 spiro atoms. The molecule has 0 atom stereocenters. The number of halogens is 3. The third-order valence-electron chi connectivity index (χ3n) is 5.72. The Bertz CT molecular complexity index is 1300. The monoisotopic (exact) mass is 484 g/mol. The molecule has 0 amide bonds. The molecule has 1 aliphatic rings. The van der Waals surface area contributed by atoms with Gasteiger partial charge in [0.1, 0.15) is 11.5 Å². The summed E-state index contributed by atoms with van der Waals surface area (Å²) >= 11 is 0. The fraction of sp³-hybridized carbons (Fsp3) is 0.280. The molecular weight excluding hydrogens is 461 g/mol. The van der Waals surface area contributed by atoms with Crippen LogP contribution in [-0.2, 0) is 24.8 Å². The van der Waals surface area contributed by atoms with E-state index in [9.17, 15) is 13.2 Å². The topological polar surface area (TPSA) is 70.4 Å². The minimum atomic E-state index is -4.76. The van der Waals surface area contributed by atoms with Crippen LogP contribution in [0.25, 0.3) is 11.0 Å². The molecule has 5 rings (SSSR count). The summed E-state index contributed by atoms with van der Waals surface area (Å²) in [6, 6.07) is 16.2. The van der Waals surface area contributed by atoms with Gasteiger partial charge in [-0.1, -0.05) is 18.2 Å². The van der Waals surface area contributed by atoms with E-state index in [1.165, 1.54) is 11.6 Å². The lowest BCUT2D eigenvalue weighted by molar-refractivity contribution is -0.274. The normalized spacial score (nSPS) is 14.1. The molecule has 1 N–H and O–H groups in total. The first kappa shape index (κ1) is 23.0. The number of hydrogen-bond acceptors (Lipinski definition) is 6. The van der Waals surface area contributed by atoms with Crippen LogP contribution in [-0.4, -0.2) is 34.1 Å². The second kappa shape index (κ2) is 9.46. The summed E-state index contributed by atoms with van der Waals surface area (Å²) in [5.74, 6) is 1.64. The van der Waals surface area contributed by atoms with Crippen LogP contribution in [0.1, 0.15) is 11.1 Å². The van der Waals surface area contributed by atoms with Gasteiger partial charge in [-0.05, 0) is 47.9 Å². The van der Waals surface area contributed by atoms with Gasteiger partial charge in [0, 0.05) is 25.6 Å². The zero-order chi connectivity index (χ0) is 24.4. The zero-order valence-electron chi connectivity index (χ0n) is 18.9. The van der Waals surface area contributed by atoms with Crippen molar-refractivity contribution in [3.8, 4) is 17.4 Å². The van der Waals surface area contributed by atoms with Crippen LogP contribution >= 0.6 is 0 Å². The van der Waals surface area contributed by atoms with Crippen LogP contribution in [0.15, 0.2) is 60.8 Å². The van der Waals surface area contributed by atoms with Crippen LogP contribution in [0.5, 0.6) is 17.4 Å². The Kier molecular flexibility index (Phi) is 6.21. The SMILES string of the molecule is Cn1c(NCc2ccc(Oc3ccc(OC(F)(F)F)cn3)cc2)nc2ccc(CC3COC3)cc21. The zero-order valence-corrected chi connectivity index (χ0v) is 18.9. The molecule has 4 aromatic rings. The molecule has 7 nitrogen and oxygen atoms in total. The number of benzene rings is 2. The van der Waals surface area contributed by atoms with E-state index in [4.69, 9.17) is 14.5 Å². The van der Waals surface area contributed by atoms with E-state index in [-0.39, 0.29) is 5.88 Å². The number of fused-ring (bicyclic) bond motifs is 1. The standard InChI is InChI=1S/C25H23F3N4O3/c1-32-22-11-17(10-18-14-33-15-18)4-8-21(22)31-24(32)30-12-16-2-5-19(6-3-16)34-23-9-7-20(13-29-23)35-25(26,27)28/h2-9,11,13,18H,10,12,14-15H2,1H3,(H,30,31). The van der Waals surface area contributed by atoms with Crippen molar-refractivity contribution in [2.75, 3.05) is 18.5 Å². The van der Waals surface area contributed by atoms with Crippen molar-refractivity contribution in [3.05, 3.63) is 71.9 Å². The Morgan fingerprint density at radius 3 is 2.43 bits per heavy atom. The van der Waals surface area contributed by atoms with E-state index < -0.39 is 12.1 Å². The molecular formula is C25H23F3N4O3. The van der Waals surface area contributed by atoms with E-state index in [1.807, 2.05) is 23.7 Å². The van der Waals surface area contributed by atoms with Gasteiger partial charge in [-0.15, -0.1) is 13.2 Å². The third-order valence-corrected chi connectivity index (χ3v) is 5.72. The number of anilines is 1. The molecule has 0 aliphatic carbocycles. The Hall–Kier alpha value is -3.79. The quantitative estimate of drug-likeness (QED) is 0.358. The molecule has 1 fully saturated rings. The molecule has 0 saturated carbocycles. The van der Waals surface area contributed by atoms with Gasteiger partial charge in [-0.25, -0.2) is 9.97 Å². The van der Waals surface area contributed by atoms with Gasteiger partial charge in [-0.2, -0.15) is 0 Å². The Labute approximate surface area is 199 Å². The number of aromatic nitrogens is 3. The van der Waals surface area contributed by atoms with Crippen molar-refractivity contribution in [1.82, 2.24) is 14.5 Å². The van der Waals surface area contributed by atoms with Crippen LogP contribution in [0, 0.1) is 5.92 Å². The highest BCUT2D eigenvalue weighted by Gasteiger charge is 2.31. The molecule has 182 valence electrons. The maximum absolute atomic E-state index is 12.2. The number of hydrogen-bond donors (Lipinski definition) is 1. The Morgan fingerprint density at radius 2 is 1.77 bits per heavy atom. The van der Waals surface area contributed by atoms with E-state index in [2.05, 4.69) is 33.2 Å². The first-order chi connectivity index (χ1) is 16.8. The lowest BCUT2D eigenvalue weighted by atomic mass is 9.98. The van der Waals surface area contributed by atoms with Gasteiger partial charge < -0.3 is 24.1 Å². The largest absolute Gasteiger partial charge is 0.573 e. The maximum Gasteiger partial charge on any atom is 0.573 e. The summed E-state index contributed by atoms with van der Waals surface area (Å²) in [6.45, 7) is 2.23. The fourth-order valence-corrected chi connectivity index (χ4v) is 3.85. The predicted octanol–water partition coefficient (Wildman–Crippen LogP) is 5.46. The van der Waals surface area contributed by atoms with Crippen molar-refractivity contribution in [2.45, 2.75) is 19.3 Å². The molecule has 0 bridgehead atoms. The fourth-order valence-electron chi connectivity index (χ4n) is 3.85. The van der Waals surface area contributed by atoms with Gasteiger partial charge in [0.05, 0.1) is 30.4 Å². The minimum Gasteiger partial charge on any atom is -0.439 e. The molecule has 0 unspecified atom stereocenters. The first-order valence-electron chi connectivity index (χ1n) is 11.1. The van der Waals surface area contributed by atoms with Gasteiger partial charge in [0.2, 0.25) is 11.8 Å². The number of alkyl halides is 3. The van der Waals surface area contributed by atoms with Gasteiger partial charge in [-0.3, -0.25) is 0 Å². The number of nitrogens with zero attached hydrogens (tertiary/aromatic N) is 3. The first-order valence-corrected chi connectivity index (χ1v) is 11.1. The van der Waals surface area contributed by atoms with E-state index in [0.717, 1.165) is 54.4 Å². The molecule has 2 aromatic carbocycles. The Morgan fingerprint density at radius 1 is 1.03 bits per heavy atom. The molecule has 2 aromatic heterocycles. The Balaban J connectivity index is 1.18. The number of aryl methyl sites for hydroxylation is 1. The van der Waals surface area contributed by atoms with Crippen molar-refractivity contribution in [2.24, 2.45) is 13.0 Å². The number of rotatable bonds is 8. The molecule has 1 saturated heterocycles.